The van der Waals surface area contributed by atoms with Gasteiger partial charge in [-0.05, 0) is 73.2 Å². The van der Waals surface area contributed by atoms with Gasteiger partial charge in [-0.15, -0.1) is 0 Å². The number of benzene rings is 3. The Balaban J connectivity index is 1.42. The molecule has 4 heterocycles. The van der Waals surface area contributed by atoms with Crippen LogP contribution in [0.3, 0.4) is 0 Å². The first-order valence-corrected chi connectivity index (χ1v) is 14.2. The normalized spacial score (nSPS) is 26.2. The van der Waals surface area contributed by atoms with E-state index in [1.54, 1.807) is 12.1 Å². The van der Waals surface area contributed by atoms with Gasteiger partial charge in [0, 0.05) is 34.7 Å². The minimum atomic E-state index is -0.589. The van der Waals surface area contributed by atoms with E-state index >= 15 is 0 Å². The smallest absolute Gasteiger partial charge is 0.255 e. The van der Waals surface area contributed by atoms with Crippen molar-refractivity contribution in [3.63, 3.8) is 0 Å². The Kier molecular flexibility index (Phi) is 7.17. The van der Waals surface area contributed by atoms with E-state index in [4.69, 9.17) is 23.2 Å². The van der Waals surface area contributed by atoms with Crippen LogP contribution in [-0.4, -0.2) is 53.8 Å². The minimum Gasteiger partial charge on any atom is -0.355 e. The highest BCUT2D eigenvalue weighted by molar-refractivity contribution is 6.35. The van der Waals surface area contributed by atoms with Crippen molar-refractivity contribution >= 4 is 35.0 Å². The Morgan fingerprint density at radius 3 is 2.37 bits per heavy atom. The van der Waals surface area contributed by atoms with Crippen molar-refractivity contribution in [2.24, 2.45) is 5.92 Å². The summed E-state index contributed by atoms with van der Waals surface area (Å²) in [5.74, 6) is -0.301. The molecule has 38 heavy (non-hydrogen) atoms. The highest BCUT2D eigenvalue weighted by Gasteiger charge is 2.50. The summed E-state index contributed by atoms with van der Waals surface area (Å²) < 4.78 is 0. The maximum absolute atomic E-state index is 14.2. The van der Waals surface area contributed by atoms with Gasteiger partial charge in [0.1, 0.15) is 0 Å². The molecule has 3 saturated heterocycles. The molecule has 3 aromatic rings. The van der Waals surface area contributed by atoms with Crippen LogP contribution in [0, 0.1) is 5.92 Å². The third-order valence-electron chi connectivity index (χ3n) is 8.47. The number of piperidine rings is 3. The van der Waals surface area contributed by atoms with Crippen LogP contribution in [0.4, 0.5) is 0 Å². The van der Waals surface area contributed by atoms with Gasteiger partial charge < -0.3 is 15.1 Å². The fraction of sp³-hybridized carbons (Fsp3) is 0.355. The van der Waals surface area contributed by atoms with Gasteiger partial charge in [-0.2, -0.15) is 0 Å². The van der Waals surface area contributed by atoms with E-state index in [1.165, 1.54) is 5.56 Å². The molecule has 2 bridgehead atoms. The molecule has 0 radical (unpaired) electrons. The van der Waals surface area contributed by atoms with Crippen molar-refractivity contribution in [2.45, 2.75) is 37.3 Å². The summed E-state index contributed by atoms with van der Waals surface area (Å²) in [5, 5.41) is 4.19. The average Bonchev–Trinajstić information content (AvgIpc) is 2.94. The zero-order valence-electron chi connectivity index (χ0n) is 21.2. The van der Waals surface area contributed by atoms with Gasteiger partial charge in [-0.1, -0.05) is 77.8 Å². The standard InChI is InChI=1S/C31H31Cl2N3O2/c32-22-10-11-25(26(33)18-22)29-28(30(37)34-15-12-20-6-2-1-3-7-20)23-8-4-5-9-24(23)31(38)36(29)27-19-35-16-13-21(27)14-17-35/h1-11,18,21,27-29H,12-17,19H2,(H,34,37)/t27-,28-,29+/m1/s1. The quantitative estimate of drug-likeness (QED) is 0.429. The molecule has 0 spiro atoms. The number of hydrogen-bond donors (Lipinski definition) is 1. The highest BCUT2D eigenvalue weighted by atomic mass is 35.5. The van der Waals surface area contributed by atoms with Gasteiger partial charge in [0.2, 0.25) is 5.91 Å². The van der Waals surface area contributed by atoms with E-state index in [2.05, 4.69) is 22.3 Å². The Morgan fingerprint density at radius 1 is 0.921 bits per heavy atom. The number of nitrogens with one attached hydrogen (secondary N) is 1. The van der Waals surface area contributed by atoms with Gasteiger partial charge in [0.15, 0.2) is 0 Å². The number of carbonyl (C=O) groups is 2. The van der Waals surface area contributed by atoms with Crippen molar-refractivity contribution in [3.8, 4) is 0 Å². The second-order valence-electron chi connectivity index (χ2n) is 10.6. The predicted octanol–water partition coefficient (Wildman–Crippen LogP) is 5.73. The average molecular weight is 549 g/mol. The summed E-state index contributed by atoms with van der Waals surface area (Å²) in [6.07, 6.45) is 2.85. The first-order chi connectivity index (χ1) is 18.5. The second-order valence-corrected chi connectivity index (χ2v) is 11.5. The first-order valence-electron chi connectivity index (χ1n) is 13.4. The number of hydrogen-bond acceptors (Lipinski definition) is 3. The highest BCUT2D eigenvalue weighted by Crippen LogP contribution is 2.48. The van der Waals surface area contributed by atoms with Crippen LogP contribution in [0.25, 0.3) is 0 Å². The molecule has 3 aromatic carbocycles. The summed E-state index contributed by atoms with van der Waals surface area (Å²) in [6.45, 7) is 3.46. The fourth-order valence-electron chi connectivity index (χ4n) is 6.61. The van der Waals surface area contributed by atoms with Crippen molar-refractivity contribution < 1.29 is 9.59 Å². The van der Waals surface area contributed by atoms with E-state index < -0.39 is 12.0 Å². The van der Waals surface area contributed by atoms with E-state index in [1.807, 2.05) is 53.4 Å². The molecular formula is C31H31Cl2N3O2. The third-order valence-corrected chi connectivity index (χ3v) is 9.04. The molecule has 4 aliphatic heterocycles. The molecule has 3 atom stereocenters. The van der Waals surface area contributed by atoms with Gasteiger partial charge in [-0.25, -0.2) is 0 Å². The summed E-state index contributed by atoms with van der Waals surface area (Å²) in [7, 11) is 0. The Morgan fingerprint density at radius 2 is 1.66 bits per heavy atom. The van der Waals surface area contributed by atoms with E-state index in [0.717, 1.165) is 50.0 Å². The molecule has 196 valence electrons. The fourth-order valence-corrected chi connectivity index (χ4v) is 7.13. The topological polar surface area (TPSA) is 52.7 Å². The number of amides is 2. The summed E-state index contributed by atoms with van der Waals surface area (Å²) in [4.78, 5) is 32.7. The summed E-state index contributed by atoms with van der Waals surface area (Å²) >= 11 is 13.1. The second kappa shape index (κ2) is 10.7. The monoisotopic (exact) mass is 547 g/mol. The van der Waals surface area contributed by atoms with Crippen molar-refractivity contribution in [3.05, 3.63) is 105 Å². The lowest BCUT2D eigenvalue weighted by Crippen LogP contribution is -2.61. The van der Waals surface area contributed by atoms with Crippen LogP contribution in [0.2, 0.25) is 10.0 Å². The Bertz CT molecular complexity index is 1340. The van der Waals surface area contributed by atoms with Crippen molar-refractivity contribution in [1.82, 2.24) is 15.1 Å². The van der Waals surface area contributed by atoms with Gasteiger partial charge >= 0.3 is 0 Å². The largest absolute Gasteiger partial charge is 0.355 e. The molecule has 3 fully saturated rings. The first kappa shape index (κ1) is 25.4. The van der Waals surface area contributed by atoms with Crippen LogP contribution in [-0.2, 0) is 11.2 Å². The third kappa shape index (κ3) is 4.72. The number of nitrogens with zero attached hydrogens (tertiary/aromatic N) is 2. The summed E-state index contributed by atoms with van der Waals surface area (Å²) in [5.41, 5.74) is 3.29. The van der Waals surface area contributed by atoms with Crippen molar-refractivity contribution in [2.75, 3.05) is 26.2 Å². The molecule has 1 N–H and O–H groups in total. The van der Waals surface area contributed by atoms with Gasteiger partial charge in [0.25, 0.3) is 5.91 Å². The molecule has 7 rings (SSSR count). The Hall–Kier alpha value is -2.86. The van der Waals surface area contributed by atoms with Crippen molar-refractivity contribution in [1.29, 1.82) is 0 Å². The zero-order valence-corrected chi connectivity index (χ0v) is 22.7. The lowest BCUT2D eigenvalue weighted by Gasteiger charge is -2.53. The molecule has 0 aromatic heterocycles. The number of rotatable bonds is 6. The number of halogens is 2. The SMILES string of the molecule is O=C(NCCc1ccccc1)[C@@H]1c2ccccc2C(=O)N([C@@H]2CN3CCC2CC3)[C@H]1c1ccc(Cl)cc1Cl. The van der Waals surface area contributed by atoms with Gasteiger partial charge in [0.05, 0.1) is 12.0 Å². The molecule has 7 heteroatoms. The molecule has 2 amide bonds. The maximum Gasteiger partial charge on any atom is 0.255 e. The lowest BCUT2D eigenvalue weighted by molar-refractivity contribution is -0.125. The molecule has 5 nitrogen and oxygen atoms in total. The Labute approximate surface area is 233 Å². The maximum atomic E-state index is 14.2. The van der Waals surface area contributed by atoms with Gasteiger partial charge in [-0.3, -0.25) is 9.59 Å². The minimum absolute atomic E-state index is 0.0229. The van der Waals surface area contributed by atoms with E-state index in [9.17, 15) is 9.59 Å². The molecule has 4 aliphatic rings. The van der Waals surface area contributed by atoms with E-state index in [0.29, 0.717) is 28.1 Å². The van der Waals surface area contributed by atoms with E-state index in [-0.39, 0.29) is 17.9 Å². The van der Waals surface area contributed by atoms with Crippen LogP contribution in [0.15, 0.2) is 72.8 Å². The molecule has 0 unspecified atom stereocenters. The lowest BCUT2D eigenvalue weighted by atomic mass is 9.75. The van der Waals surface area contributed by atoms with Crippen LogP contribution in [0.5, 0.6) is 0 Å². The predicted molar refractivity (Wildman–Crippen MR) is 151 cm³/mol. The van der Waals surface area contributed by atoms with Crippen LogP contribution in [0.1, 0.15) is 51.8 Å². The summed E-state index contributed by atoms with van der Waals surface area (Å²) in [6, 6.07) is 22.6. The molecule has 0 saturated carbocycles. The zero-order chi connectivity index (χ0) is 26.2. The molecule has 0 aliphatic carbocycles. The van der Waals surface area contributed by atoms with Crippen LogP contribution < -0.4 is 5.32 Å². The van der Waals surface area contributed by atoms with Crippen LogP contribution >= 0.6 is 23.2 Å². The molecular weight excluding hydrogens is 517 g/mol. The number of carbonyl (C=O) groups excluding carboxylic acids is 2. The number of fused-ring (bicyclic) bond motifs is 4.